The van der Waals surface area contributed by atoms with Gasteiger partial charge in [0.25, 0.3) is 0 Å². The zero-order chi connectivity index (χ0) is 7.68. The summed E-state index contributed by atoms with van der Waals surface area (Å²) in [4.78, 5) is 4.15. The summed E-state index contributed by atoms with van der Waals surface area (Å²) in [5.41, 5.74) is 2.73. The summed E-state index contributed by atoms with van der Waals surface area (Å²) in [5, 5.41) is 0. The number of fused-ring (bicyclic) bond motifs is 1. The highest BCUT2D eigenvalue weighted by atomic mass is 14.7. The zero-order valence-corrected chi connectivity index (χ0v) is 6.62. The van der Waals surface area contributed by atoms with Crippen LogP contribution in [0.1, 0.15) is 13.3 Å². The lowest BCUT2D eigenvalue weighted by molar-refractivity contribution is 0.737. The molecule has 1 atom stereocenters. The fourth-order valence-corrected chi connectivity index (χ4v) is 1.56. The van der Waals surface area contributed by atoms with E-state index in [9.17, 15) is 0 Å². The van der Waals surface area contributed by atoms with E-state index in [1.807, 2.05) is 12.4 Å². The van der Waals surface area contributed by atoms with Crippen LogP contribution in [0.25, 0.3) is 0 Å². The van der Waals surface area contributed by atoms with Crippen molar-refractivity contribution < 1.29 is 0 Å². The Bertz CT molecular complexity index is 279. The van der Waals surface area contributed by atoms with Crippen LogP contribution >= 0.6 is 0 Å². The summed E-state index contributed by atoms with van der Waals surface area (Å²) >= 11 is 0. The van der Waals surface area contributed by atoms with Crippen molar-refractivity contribution in [3.8, 4) is 0 Å². The van der Waals surface area contributed by atoms with Crippen molar-refractivity contribution in [2.75, 3.05) is 0 Å². The van der Waals surface area contributed by atoms with Crippen molar-refractivity contribution in [3.05, 3.63) is 35.6 Å². The molecule has 0 fully saturated rings. The van der Waals surface area contributed by atoms with Gasteiger partial charge in [-0.15, -0.1) is 0 Å². The van der Waals surface area contributed by atoms with Gasteiger partial charge < -0.3 is 0 Å². The molecule has 1 aliphatic heterocycles. The SMILES string of the molecule is CC1=CN=CC2=CC=CCC12. The minimum atomic E-state index is 0.609. The highest BCUT2D eigenvalue weighted by Gasteiger charge is 2.17. The van der Waals surface area contributed by atoms with Crippen LogP contribution in [0.2, 0.25) is 0 Å². The van der Waals surface area contributed by atoms with Crippen molar-refractivity contribution in [2.45, 2.75) is 13.3 Å². The van der Waals surface area contributed by atoms with Crippen molar-refractivity contribution >= 4 is 6.21 Å². The lowest BCUT2D eigenvalue weighted by Gasteiger charge is -2.21. The average Bonchev–Trinajstić information content (AvgIpc) is 2.06. The molecule has 2 rings (SSSR count). The molecule has 0 spiro atoms. The standard InChI is InChI=1S/C10H11N/c1-8-6-11-7-9-4-2-3-5-10(8)9/h2-4,6-7,10H,5H2,1H3. The van der Waals surface area contributed by atoms with Crippen LogP contribution < -0.4 is 0 Å². The van der Waals surface area contributed by atoms with Crippen LogP contribution in [0.3, 0.4) is 0 Å². The molecular formula is C10H11N. The molecule has 0 saturated heterocycles. The molecule has 2 aliphatic rings. The van der Waals surface area contributed by atoms with Gasteiger partial charge in [0.05, 0.1) is 0 Å². The van der Waals surface area contributed by atoms with E-state index < -0.39 is 0 Å². The summed E-state index contributed by atoms with van der Waals surface area (Å²) in [5.74, 6) is 0.609. The molecule has 0 saturated carbocycles. The number of hydrogen-bond acceptors (Lipinski definition) is 1. The van der Waals surface area contributed by atoms with E-state index in [1.54, 1.807) is 0 Å². The smallest absolute Gasteiger partial charge is 0.0306 e. The van der Waals surface area contributed by atoms with Crippen LogP contribution in [0.15, 0.2) is 40.6 Å². The fraction of sp³-hybridized carbons (Fsp3) is 0.300. The van der Waals surface area contributed by atoms with E-state index >= 15 is 0 Å². The largest absolute Gasteiger partial charge is 0.264 e. The Kier molecular flexibility index (Phi) is 1.50. The van der Waals surface area contributed by atoms with E-state index in [2.05, 4.69) is 30.1 Å². The third-order valence-electron chi connectivity index (χ3n) is 2.25. The first-order valence-electron chi connectivity index (χ1n) is 3.94. The Morgan fingerprint density at radius 3 is 3.27 bits per heavy atom. The van der Waals surface area contributed by atoms with E-state index in [-0.39, 0.29) is 0 Å². The Balaban J connectivity index is 2.37. The maximum absolute atomic E-state index is 4.15. The van der Waals surface area contributed by atoms with Gasteiger partial charge >= 0.3 is 0 Å². The Morgan fingerprint density at radius 2 is 2.45 bits per heavy atom. The van der Waals surface area contributed by atoms with Gasteiger partial charge in [-0.25, -0.2) is 0 Å². The molecule has 1 heterocycles. The molecule has 0 bridgehead atoms. The van der Waals surface area contributed by atoms with Gasteiger partial charge in [-0.3, -0.25) is 4.99 Å². The highest BCUT2D eigenvalue weighted by Crippen LogP contribution is 2.28. The number of rotatable bonds is 0. The molecule has 1 unspecified atom stereocenters. The molecule has 0 aromatic carbocycles. The van der Waals surface area contributed by atoms with Gasteiger partial charge in [0.2, 0.25) is 0 Å². The van der Waals surface area contributed by atoms with Crippen LogP contribution in [-0.2, 0) is 0 Å². The number of hydrogen-bond donors (Lipinski definition) is 0. The topological polar surface area (TPSA) is 12.4 Å². The molecule has 0 amide bonds. The van der Waals surface area contributed by atoms with E-state index in [1.165, 1.54) is 11.1 Å². The van der Waals surface area contributed by atoms with Crippen LogP contribution in [0, 0.1) is 5.92 Å². The summed E-state index contributed by atoms with van der Waals surface area (Å²) in [6.07, 6.45) is 11.5. The Morgan fingerprint density at radius 1 is 1.55 bits per heavy atom. The second-order valence-electron chi connectivity index (χ2n) is 3.03. The van der Waals surface area contributed by atoms with Gasteiger partial charge in [0, 0.05) is 18.3 Å². The number of nitrogens with zero attached hydrogens (tertiary/aromatic N) is 1. The molecular weight excluding hydrogens is 134 g/mol. The van der Waals surface area contributed by atoms with Crippen molar-refractivity contribution in [1.82, 2.24) is 0 Å². The molecule has 11 heavy (non-hydrogen) atoms. The number of aliphatic imine (C=N–C) groups is 1. The monoisotopic (exact) mass is 145 g/mol. The lowest BCUT2D eigenvalue weighted by Crippen LogP contribution is -2.11. The van der Waals surface area contributed by atoms with E-state index in [0.717, 1.165) is 6.42 Å². The second kappa shape index (κ2) is 2.50. The first kappa shape index (κ1) is 6.59. The molecule has 1 heteroatoms. The maximum atomic E-state index is 4.15. The minimum Gasteiger partial charge on any atom is -0.264 e. The van der Waals surface area contributed by atoms with E-state index in [4.69, 9.17) is 0 Å². The molecule has 1 nitrogen and oxygen atoms in total. The molecule has 0 aromatic heterocycles. The van der Waals surface area contributed by atoms with Gasteiger partial charge in [0.1, 0.15) is 0 Å². The Labute approximate surface area is 66.8 Å². The van der Waals surface area contributed by atoms with Crippen molar-refractivity contribution in [3.63, 3.8) is 0 Å². The predicted octanol–water partition coefficient (Wildman–Crippen LogP) is 2.48. The molecule has 0 N–H and O–H groups in total. The van der Waals surface area contributed by atoms with Crippen molar-refractivity contribution in [2.24, 2.45) is 10.9 Å². The highest BCUT2D eigenvalue weighted by molar-refractivity contribution is 5.82. The maximum Gasteiger partial charge on any atom is 0.0306 e. The molecule has 0 radical (unpaired) electrons. The van der Waals surface area contributed by atoms with Crippen molar-refractivity contribution in [1.29, 1.82) is 0 Å². The first-order chi connectivity index (χ1) is 5.38. The zero-order valence-electron chi connectivity index (χ0n) is 6.62. The van der Waals surface area contributed by atoms with Gasteiger partial charge in [-0.05, 0) is 24.5 Å². The normalized spacial score (nSPS) is 27.5. The average molecular weight is 145 g/mol. The quantitative estimate of drug-likeness (QED) is 0.496. The van der Waals surface area contributed by atoms with Gasteiger partial charge in [-0.1, -0.05) is 18.2 Å². The first-order valence-corrected chi connectivity index (χ1v) is 3.94. The Hall–Kier alpha value is -1.11. The third-order valence-corrected chi connectivity index (χ3v) is 2.25. The third kappa shape index (κ3) is 1.07. The molecule has 0 aromatic rings. The lowest BCUT2D eigenvalue weighted by atomic mass is 9.86. The van der Waals surface area contributed by atoms with Gasteiger partial charge in [-0.2, -0.15) is 0 Å². The summed E-state index contributed by atoms with van der Waals surface area (Å²) in [6, 6.07) is 0. The van der Waals surface area contributed by atoms with E-state index in [0.29, 0.717) is 5.92 Å². The van der Waals surface area contributed by atoms with Crippen LogP contribution in [0.4, 0.5) is 0 Å². The minimum absolute atomic E-state index is 0.609. The summed E-state index contributed by atoms with van der Waals surface area (Å²) in [6.45, 7) is 2.15. The number of allylic oxidation sites excluding steroid dienone is 5. The van der Waals surface area contributed by atoms with Gasteiger partial charge in [0.15, 0.2) is 0 Å². The molecule has 1 aliphatic carbocycles. The fourth-order valence-electron chi connectivity index (χ4n) is 1.56. The molecule has 56 valence electrons. The van der Waals surface area contributed by atoms with Crippen LogP contribution in [0.5, 0.6) is 0 Å². The predicted molar refractivity (Wildman–Crippen MR) is 47.6 cm³/mol. The second-order valence-corrected chi connectivity index (χ2v) is 3.03. The summed E-state index contributed by atoms with van der Waals surface area (Å²) < 4.78 is 0. The summed E-state index contributed by atoms with van der Waals surface area (Å²) in [7, 11) is 0. The van der Waals surface area contributed by atoms with Crippen LogP contribution in [-0.4, -0.2) is 6.21 Å².